The van der Waals surface area contributed by atoms with Crippen LogP contribution >= 0.6 is 0 Å². The third-order valence-electron chi connectivity index (χ3n) is 1.07. The summed E-state index contributed by atoms with van der Waals surface area (Å²) in [4.78, 5) is 10.9. The molecule has 0 radical (unpaired) electrons. The zero-order valence-electron chi connectivity index (χ0n) is 7.22. The third kappa shape index (κ3) is 7.52. The Morgan fingerprint density at radius 3 is 2.45 bits per heavy atom. The molecule has 3 nitrogen and oxygen atoms in total. The predicted molar refractivity (Wildman–Crippen MR) is 46.8 cm³/mol. The topological polar surface area (TPSA) is 46.2 Å². The van der Waals surface area contributed by atoms with Crippen LogP contribution in [-0.4, -0.2) is 28.2 Å². The van der Waals surface area contributed by atoms with Crippen molar-refractivity contribution < 1.29 is 9.00 Å². The molecule has 0 saturated heterocycles. The van der Waals surface area contributed by atoms with E-state index in [9.17, 15) is 9.00 Å². The van der Waals surface area contributed by atoms with E-state index in [1.807, 2.05) is 13.8 Å². The van der Waals surface area contributed by atoms with Crippen LogP contribution < -0.4 is 5.32 Å². The van der Waals surface area contributed by atoms with E-state index in [2.05, 4.69) is 5.32 Å². The number of carbonyl (C=O) groups excluding carboxylic acids is 1. The first-order chi connectivity index (χ1) is 5.02. The number of amides is 1. The molecule has 0 aromatic carbocycles. The molecule has 66 valence electrons. The maximum Gasteiger partial charge on any atom is 0.221 e. The van der Waals surface area contributed by atoms with Crippen LogP contribution in [0.4, 0.5) is 0 Å². The normalized spacial score (nSPS) is 13.1. The minimum Gasteiger partial charge on any atom is -0.354 e. The Morgan fingerprint density at radius 2 is 2.09 bits per heavy atom. The Balaban J connectivity index is 3.45. The first-order valence-electron chi connectivity index (χ1n) is 3.61. The average molecular weight is 177 g/mol. The Bertz CT molecular complexity index is 157. The fourth-order valence-electron chi connectivity index (χ4n) is 0.631. The summed E-state index contributed by atoms with van der Waals surface area (Å²) in [7, 11) is -0.862. The maximum atomic E-state index is 10.9. The summed E-state index contributed by atoms with van der Waals surface area (Å²) in [6.07, 6.45) is 1.96. The summed E-state index contributed by atoms with van der Waals surface area (Å²) in [5.41, 5.74) is 0. The minimum atomic E-state index is -0.862. The predicted octanol–water partition coefficient (Wildman–Crippen LogP) is 0.280. The van der Waals surface area contributed by atoms with Crippen molar-refractivity contribution in [1.29, 1.82) is 0 Å². The zero-order chi connectivity index (χ0) is 8.85. The van der Waals surface area contributed by atoms with Crippen LogP contribution in [0.5, 0.6) is 0 Å². The van der Waals surface area contributed by atoms with Gasteiger partial charge in [0.05, 0.1) is 0 Å². The molecule has 0 fully saturated rings. The second-order valence-corrected chi connectivity index (χ2v) is 4.30. The lowest BCUT2D eigenvalue weighted by Gasteiger charge is -2.06. The molecule has 1 unspecified atom stereocenters. The lowest BCUT2D eigenvalue weighted by atomic mass is 10.3. The van der Waals surface area contributed by atoms with Crippen molar-refractivity contribution in [3.05, 3.63) is 0 Å². The second kappa shape index (κ2) is 5.29. The monoisotopic (exact) mass is 177 g/mol. The number of hydrogen-bond donors (Lipinski definition) is 1. The van der Waals surface area contributed by atoms with Crippen LogP contribution in [0.1, 0.15) is 20.3 Å². The third-order valence-corrected chi connectivity index (χ3v) is 1.85. The van der Waals surface area contributed by atoms with E-state index in [1.165, 1.54) is 0 Å². The maximum absolute atomic E-state index is 10.9. The SMILES string of the molecule is CC(C)NC(=O)CCS(C)=O. The molecule has 1 amide bonds. The van der Waals surface area contributed by atoms with Crippen LogP contribution in [0.15, 0.2) is 0 Å². The van der Waals surface area contributed by atoms with Crippen LogP contribution in [0, 0.1) is 0 Å². The van der Waals surface area contributed by atoms with Gasteiger partial charge in [-0.25, -0.2) is 0 Å². The molecule has 0 aromatic rings. The summed E-state index contributed by atoms with van der Waals surface area (Å²) >= 11 is 0. The highest BCUT2D eigenvalue weighted by Gasteiger charge is 2.03. The smallest absolute Gasteiger partial charge is 0.221 e. The van der Waals surface area contributed by atoms with Crippen LogP contribution in [0.3, 0.4) is 0 Å². The van der Waals surface area contributed by atoms with Crippen molar-refractivity contribution in [3.63, 3.8) is 0 Å². The summed E-state index contributed by atoms with van der Waals surface area (Å²) in [5, 5.41) is 2.72. The molecule has 0 spiro atoms. The molecule has 0 aliphatic carbocycles. The number of carbonyl (C=O) groups is 1. The van der Waals surface area contributed by atoms with Gasteiger partial charge in [0.25, 0.3) is 0 Å². The zero-order valence-corrected chi connectivity index (χ0v) is 8.03. The van der Waals surface area contributed by atoms with Crippen molar-refractivity contribution in [2.75, 3.05) is 12.0 Å². The van der Waals surface area contributed by atoms with Gasteiger partial charge in [0.2, 0.25) is 5.91 Å². The summed E-state index contributed by atoms with van der Waals surface area (Å²) in [6.45, 7) is 3.81. The standard InChI is InChI=1S/C7H15NO2S/c1-6(2)8-7(9)4-5-11(3)10/h6H,4-5H2,1-3H3,(H,8,9). The first-order valence-corrected chi connectivity index (χ1v) is 5.34. The number of hydrogen-bond acceptors (Lipinski definition) is 2. The van der Waals surface area contributed by atoms with Gasteiger partial charge in [0.1, 0.15) is 0 Å². The minimum absolute atomic E-state index is 0.0183. The van der Waals surface area contributed by atoms with E-state index in [4.69, 9.17) is 0 Å². The van der Waals surface area contributed by atoms with Crippen LogP contribution in [-0.2, 0) is 15.6 Å². The largest absolute Gasteiger partial charge is 0.354 e. The van der Waals surface area contributed by atoms with Gasteiger partial charge in [-0.05, 0) is 13.8 Å². The van der Waals surface area contributed by atoms with Crippen LogP contribution in [0.25, 0.3) is 0 Å². The van der Waals surface area contributed by atoms with Gasteiger partial charge in [-0.1, -0.05) is 0 Å². The van der Waals surface area contributed by atoms with Gasteiger partial charge in [0.15, 0.2) is 0 Å². The van der Waals surface area contributed by atoms with Crippen molar-refractivity contribution in [2.24, 2.45) is 0 Å². The summed E-state index contributed by atoms with van der Waals surface area (Å²) in [5.74, 6) is 0.439. The van der Waals surface area contributed by atoms with E-state index in [0.717, 1.165) is 0 Å². The van der Waals surface area contributed by atoms with Gasteiger partial charge in [-0.3, -0.25) is 9.00 Å². The Labute approximate surface area is 70.0 Å². The van der Waals surface area contributed by atoms with Gasteiger partial charge >= 0.3 is 0 Å². The molecule has 0 heterocycles. The van der Waals surface area contributed by atoms with E-state index in [-0.39, 0.29) is 11.9 Å². The highest BCUT2D eigenvalue weighted by Crippen LogP contribution is 1.86. The lowest BCUT2D eigenvalue weighted by Crippen LogP contribution is -2.30. The van der Waals surface area contributed by atoms with Crippen molar-refractivity contribution >= 4 is 16.7 Å². The van der Waals surface area contributed by atoms with E-state index in [1.54, 1.807) is 6.26 Å². The molecule has 4 heteroatoms. The highest BCUT2D eigenvalue weighted by atomic mass is 32.2. The molecule has 1 N–H and O–H groups in total. The second-order valence-electron chi connectivity index (χ2n) is 2.75. The average Bonchev–Trinajstić information content (AvgIpc) is 1.82. The van der Waals surface area contributed by atoms with Crippen molar-refractivity contribution in [3.8, 4) is 0 Å². The Hall–Kier alpha value is -0.380. The van der Waals surface area contributed by atoms with Gasteiger partial charge < -0.3 is 5.32 Å². The first kappa shape index (κ1) is 10.6. The van der Waals surface area contributed by atoms with Crippen molar-refractivity contribution in [2.45, 2.75) is 26.3 Å². The highest BCUT2D eigenvalue weighted by molar-refractivity contribution is 7.84. The lowest BCUT2D eigenvalue weighted by molar-refractivity contribution is -0.121. The summed E-state index contributed by atoms with van der Waals surface area (Å²) < 4.78 is 10.6. The summed E-state index contributed by atoms with van der Waals surface area (Å²) in [6, 6.07) is 0.174. The van der Waals surface area contributed by atoms with E-state index < -0.39 is 10.8 Å². The number of nitrogens with one attached hydrogen (secondary N) is 1. The van der Waals surface area contributed by atoms with E-state index in [0.29, 0.717) is 12.2 Å². The van der Waals surface area contributed by atoms with Gasteiger partial charge in [-0.15, -0.1) is 0 Å². The molecule has 1 atom stereocenters. The quantitative estimate of drug-likeness (QED) is 0.670. The molecule has 0 aromatic heterocycles. The Kier molecular flexibility index (Phi) is 5.11. The molecular formula is C7H15NO2S. The molecular weight excluding hydrogens is 162 g/mol. The molecule has 0 rings (SSSR count). The Morgan fingerprint density at radius 1 is 1.55 bits per heavy atom. The molecule has 11 heavy (non-hydrogen) atoms. The molecule has 0 bridgehead atoms. The van der Waals surface area contributed by atoms with Crippen LogP contribution in [0.2, 0.25) is 0 Å². The van der Waals surface area contributed by atoms with E-state index >= 15 is 0 Å². The number of rotatable bonds is 4. The fourth-order valence-corrected chi connectivity index (χ4v) is 1.10. The van der Waals surface area contributed by atoms with Crippen molar-refractivity contribution in [1.82, 2.24) is 5.32 Å². The molecule has 0 aliphatic heterocycles. The van der Waals surface area contributed by atoms with Gasteiger partial charge in [-0.2, -0.15) is 0 Å². The van der Waals surface area contributed by atoms with Gasteiger partial charge in [0, 0.05) is 35.3 Å². The fraction of sp³-hybridized carbons (Fsp3) is 0.857. The molecule has 0 aliphatic rings. The molecule has 0 saturated carbocycles.